The van der Waals surface area contributed by atoms with E-state index in [2.05, 4.69) is 5.32 Å². The molecule has 0 saturated heterocycles. The number of anilines is 1. The quantitative estimate of drug-likeness (QED) is 0.639. The highest BCUT2D eigenvalue weighted by Crippen LogP contribution is 2.33. The zero-order valence-corrected chi connectivity index (χ0v) is 14.7. The lowest BCUT2D eigenvalue weighted by molar-refractivity contribution is -0.116. The predicted molar refractivity (Wildman–Crippen MR) is 93.8 cm³/mol. The first-order chi connectivity index (χ1) is 11.4. The number of Topliss-reactive ketones (excluding diaryl/α,β-unsaturated/α-hetero) is 1. The van der Waals surface area contributed by atoms with Gasteiger partial charge in [0.1, 0.15) is 5.00 Å². The number of methoxy groups -OCH3 is 1. The van der Waals surface area contributed by atoms with Crippen LogP contribution < -0.4 is 5.32 Å². The number of esters is 1. The first-order valence-corrected chi connectivity index (χ1v) is 8.32. The summed E-state index contributed by atoms with van der Waals surface area (Å²) in [4.78, 5) is 37.0. The van der Waals surface area contributed by atoms with Gasteiger partial charge in [-0.1, -0.05) is 30.3 Å². The van der Waals surface area contributed by atoms with Crippen molar-refractivity contribution in [1.29, 1.82) is 0 Å². The molecule has 0 aliphatic carbocycles. The van der Waals surface area contributed by atoms with Crippen LogP contribution in [0, 0.1) is 13.8 Å². The molecule has 0 bridgehead atoms. The van der Waals surface area contributed by atoms with E-state index >= 15 is 0 Å². The maximum Gasteiger partial charge on any atom is 0.341 e. The molecule has 0 radical (unpaired) electrons. The van der Waals surface area contributed by atoms with E-state index in [4.69, 9.17) is 4.74 Å². The van der Waals surface area contributed by atoms with Gasteiger partial charge in [0, 0.05) is 23.3 Å². The van der Waals surface area contributed by atoms with Gasteiger partial charge in [-0.3, -0.25) is 9.59 Å². The molecule has 126 valence electrons. The summed E-state index contributed by atoms with van der Waals surface area (Å²) in [6, 6.07) is 8.85. The SMILES string of the molecule is COC(=O)c1c(NC(=O)CCC(=O)c2ccccc2)sc(C)c1C. The molecule has 0 aliphatic rings. The van der Waals surface area contributed by atoms with Gasteiger partial charge in [0.2, 0.25) is 5.91 Å². The maximum atomic E-state index is 12.1. The van der Waals surface area contributed by atoms with Crippen molar-refractivity contribution in [3.63, 3.8) is 0 Å². The first kappa shape index (κ1) is 17.9. The number of benzene rings is 1. The lowest BCUT2D eigenvalue weighted by Gasteiger charge is -2.06. The molecule has 0 aliphatic heterocycles. The average molecular weight is 345 g/mol. The fourth-order valence-corrected chi connectivity index (χ4v) is 3.31. The van der Waals surface area contributed by atoms with E-state index in [1.165, 1.54) is 18.4 Å². The summed E-state index contributed by atoms with van der Waals surface area (Å²) in [5.74, 6) is -0.865. The number of ketones is 1. The van der Waals surface area contributed by atoms with E-state index in [9.17, 15) is 14.4 Å². The zero-order valence-electron chi connectivity index (χ0n) is 13.8. The Hall–Kier alpha value is -2.47. The monoisotopic (exact) mass is 345 g/mol. The van der Waals surface area contributed by atoms with Gasteiger partial charge in [-0.05, 0) is 19.4 Å². The fourth-order valence-electron chi connectivity index (χ4n) is 2.25. The Morgan fingerprint density at radius 3 is 2.38 bits per heavy atom. The number of hydrogen-bond donors (Lipinski definition) is 1. The first-order valence-electron chi connectivity index (χ1n) is 7.50. The highest BCUT2D eigenvalue weighted by molar-refractivity contribution is 7.16. The number of aryl methyl sites for hydroxylation is 1. The minimum absolute atomic E-state index is 0.0599. The van der Waals surface area contributed by atoms with Crippen LogP contribution in [0.1, 0.15) is 44.0 Å². The normalized spacial score (nSPS) is 10.3. The molecule has 24 heavy (non-hydrogen) atoms. The number of carbonyl (C=O) groups is 3. The molecular formula is C18H19NO4S. The molecule has 0 atom stereocenters. The van der Waals surface area contributed by atoms with Crippen LogP contribution in [-0.2, 0) is 9.53 Å². The molecule has 1 aromatic heterocycles. The minimum Gasteiger partial charge on any atom is -0.465 e. The standard InChI is InChI=1S/C18H19NO4S/c1-11-12(2)24-17(16(11)18(22)23-3)19-15(21)10-9-14(20)13-7-5-4-6-8-13/h4-8H,9-10H2,1-3H3,(H,19,21). The summed E-state index contributed by atoms with van der Waals surface area (Å²) in [5.41, 5.74) is 1.76. The molecule has 1 heterocycles. The smallest absolute Gasteiger partial charge is 0.341 e. The number of nitrogens with one attached hydrogen (secondary N) is 1. The highest BCUT2D eigenvalue weighted by atomic mass is 32.1. The summed E-state index contributed by atoms with van der Waals surface area (Å²) in [5, 5.41) is 3.19. The molecule has 6 heteroatoms. The minimum atomic E-state index is -0.479. The Bertz CT molecular complexity index is 765. The molecule has 2 aromatic rings. The summed E-state index contributed by atoms with van der Waals surface area (Å²) in [6.07, 6.45) is 0.178. The van der Waals surface area contributed by atoms with Gasteiger partial charge < -0.3 is 10.1 Å². The molecule has 0 fully saturated rings. The van der Waals surface area contributed by atoms with Crippen molar-refractivity contribution in [2.24, 2.45) is 0 Å². The van der Waals surface area contributed by atoms with Crippen LogP contribution in [0.3, 0.4) is 0 Å². The molecular weight excluding hydrogens is 326 g/mol. The third-order valence-corrected chi connectivity index (χ3v) is 4.83. The second kappa shape index (κ2) is 7.88. The lowest BCUT2D eigenvalue weighted by atomic mass is 10.1. The molecule has 2 rings (SSSR count). The van der Waals surface area contributed by atoms with Crippen molar-refractivity contribution in [1.82, 2.24) is 0 Å². The van der Waals surface area contributed by atoms with E-state index in [0.717, 1.165) is 10.4 Å². The van der Waals surface area contributed by atoms with Gasteiger partial charge in [-0.2, -0.15) is 0 Å². The molecule has 5 nitrogen and oxygen atoms in total. The number of rotatable bonds is 6. The molecule has 0 unspecified atom stereocenters. The zero-order chi connectivity index (χ0) is 17.7. The van der Waals surface area contributed by atoms with Gasteiger partial charge in [-0.25, -0.2) is 4.79 Å². The Labute approximate surface area is 144 Å². The van der Waals surface area contributed by atoms with Gasteiger partial charge in [-0.15, -0.1) is 11.3 Å². The summed E-state index contributed by atoms with van der Waals surface area (Å²) < 4.78 is 4.77. The molecule has 1 aromatic carbocycles. The topological polar surface area (TPSA) is 72.5 Å². The molecule has 1 amide bonds. The molecule has 0 saturated carbocycles. The third kappa shape index (κ3) is 4.08. The number of hydrogen-bond acceptors (Lipinski definition) is 5. The van der Waals surface area contributed by atoms with Crippen molar-refractivity contribution in [2.45, 2.75) is 26.7 Å². The van der Waals surface area contributed by atoms with Crippen molar-refractivity contribution in [2.75, 3.05) is 12.4 Å². The van der Waals surface area contributed by atoms with Crippen molar-refractivity contribution in [3.8, 4) is 0 Å². The van der Waals surface area contributed by atoms with Crippen molar-refractivity contribution in [3.05, 3.63) is 51.9 Å². The number of carbonyl (C=O) groups excluding carboxylic acids is 3. The van der Waals surface area contributed by atoms with Crippen LogP contribution in [0.5, 0.6) is 0 Å². The number of thiophene rings is 1. The highest BCUT2D eigenvalue weighted by Gasteiger charge is 2.21. The largest absolute Gasteiger partial charge is 0.465 e. The third-order valence-electron chi connectivity index (χ3n) is 3.70. The molecule has 1 N–H and O–H groups in total. The average Bonchev–Trinajstić information content (AvgIpc) is 2.86. The summed E-state index contributed by atoms with van der Waals surface area (Å²) >= 11 is 1.33. The summed E-state index contributed by atoms with van der Waals surface area (Å²) in [6.45, 7) is 3.69. The van der Waals surface area contributed by atoms with E-state index in [1.54, 1.807) is 24.3 Å². The van der Waals surface area contributed by atoms with Crippen molar-refractivity contribution >= 4 is 34.0 Å². The lowest BCUT2D eigenvalue weighted by Crippen LogP contribution is -2.15. The maximum absolute atomic E-state index is 12.1. The van der Waals surface area contributed by atoms with E-state index in [-0.39, 0.29) is 24.5 Å². The van der Waals surface area contributed by atoms with E-state index < -0.39 is 5.97 Å². The van der Waals surface area contributed by atoms with Crippen LogP contribution in [0.25, 0.3) is 0 Å². The number of ether oxygens (including phenoxy) is 1. The van der Waals surface area contributed by atoms with Gasteiger partial charge in [0.15, 0.2) is 5.78 Å². The predicted octanol–water partition coefficient (Wildman–Crippen LogP) is 3.75. The van der Waals surface area contributed by atoms with Gasteiger partial charge in [0.25, 0.3) is 0 Å². The van der Waals surface area contributed by atoms with Crippen LogP contribution >= 0.6 is 11.3 Å². The second-order valence-corrected chi connectivity index (χ2v) is 6.54. The van der Waals surface area contributed by atoms with Gasteiger partial charge in [0.05, 0.1) is 12.7 Å². The Balaban J connectivity index is 2.02. The molecule has 0 spiro atoms. The van der Waals surface area contributed by atoms with E-state index in [1.807, 2.05) is 19.9 Å². The van der Waals surface area contributed by atoms with Crippen molar-refractivity contribution < 1.29 is 19.1 Å². The summed E-state index contributed by atoms with van der Waals surface area (Å²) in [7, 11) is 1.30. The van der Waals surface area contributed by atoms with Gasteiger partial charge >= 0.3 is 5.97 Å². The Kier molecular flexibility index (Phi) is 5.87. The Morgan fingerprint density at radius 2 is 1.75 bits per heavy atom. The van der Waals surface area contributed by atoms with Crippen LogP contribution in [0.2, 0.25) is 0 Å². The fraction of sp³-hybridized carbons (Fsp3) is 0.278. The number of amides is 1. The van der Waals surface area contributed by atoms with E-state index in [0.29, 0.717) is 16.1 Å². The van der Waals surface area contributed by atoms with Crippen LogP contribution in [-0.4, -0.2) is 24.8 Å². The van der Waals surface area contributed by atoms with Crippen LogP contribution in [0.15, 0.2) is 30.3 Å². The Morgan fingerprint density at radius 1 is 1.08 bits per heavy atom. The second-order valence-electron chi connectivity index (χ2n) is 5.32. The van der Waals surface area contributed by atoms with Crippen LogP contribution in [0.4, 0.5) is 5.00 Å².